The van der Waals surface area contributed by atoms with Crippen LogP contribution in [0.4, 0.5) is 5.69 Å². The Morgan fingerprint density at radius 2 is 1.93 bits per heavy atom. The van der Waals surface area contributed by atoms with Crippen LogP contribution >= 0.6 is 0 Å². The van der Waals surface area contributed by atoms with E-state index in [-0.39, 0.29) is 17.6 Å². The van der Waals surface area contributed by atoms with Crippen molar-refractivity contribution >= 4 is 11.6 Å². The van der Waals surface area contributed by atoms with Crippen molar-refractivity contribution in [2.45, 2.75) is 19.9 Å². The molecule has 138 valence electrons. The Bertz CT molecular complexity index is 979. The van der Waals surface area contributed by atoms with Crippen LogP contribution < -0.4 is 0 Å². The van der Waals surface area contributed by atoms with Crippen molar-refractivity contribution < 1.29 is 9.72 Å². The number of aryl methyl sites for hydroxylation is 1. The molecule has 0 spiro atoms. The molecule has 0 fully saturated rings. The molecule has 1 heterocycles. The molecule has 7 nitrogen and oxygen atoms in total. The molecule has 1 amide bonds. The second-order valence-electron chi connectivity index (χ2n) is 6.45. The average Bonchev–Trinajstić information content (AvgIpc) is 3.12. The van der Waals surface area contributed by atoms with Gasteiger partial charge in [0, 0.05) is 30.9 Å². The van der Waals surface area contributed by atoms with E-state index in [1.807, 2.05) is 32.2 Å². The number of carbonyl (C=O) groups is 1. The van der Waals surface area contributed by atoms with E-state index < -0.39 is 4.92 Å². The van der Waals surface area contributed by atoms with Gasteiger partial charge in [-0.25, -0.2) is 4.68 Å². The fourth-order valence-corrected chi connectivity index (χ4v) is 2.81. The highest BCUT2D eigenvalue weighted by atomic mass is 16.6. The van der Waals surface area contributed by atoms with Crippen molar-refractivity contribution in [1.82, 2.24) is 14.7 Å². The second-order valence-corrected chi connectivity index (χ2v) is 6.45. The van der Waals surface area contributed by atoms with Gasteiger partial charge in [-0.3, -0.25) is 14.9 Å². The molecule has 0 aliphatic rings. The van der Waals surface area contributed by atoms with Gasteiger partial charge in [-0.05, 0) is 49.2 Å². The molecule has 1 atom stereocenters. The number of non-ortho nitro benzene ring substituents is 1. The highest BCUT2D eigenvalue weighted by Crippen LogP contribution is 2.24. The Morgan fingerprint density at radius 3 is 2.52 bits per heavy atom. The van der Waals surface area contributed by atoms with E-state index in [1.165, 1.54) is 12.1 Å². The maximum absolute atomic E-state index is 12.8. The molecule has 3 aromatic rings. The number of nitro groups is 1. The molecule has 0 radical (unpaired) electrons. The molecule has 0 aliphatic carbocycles. The van der Waals surface area contributed by atoms with Crippen LogP contribution in [0.2, 0.25) is 0 Å². The van der Waals surface area contributed by atoms with E-state index in [0.717, 1.165) is 11.3 Å². The number of rotatable bonds is 5. The summed E-state index contributed by atoms with van der Waals surface area (Å²) in [6.45, 7) is 3.81. The molecule has 0 bridgehead atoms. The zero-order valence-electron chi connectivity index (χ0n) is 15.4. The third-order valence-corrected chi connectivity index (χ3v) is 4.56. The fraction of sp³-hybridized carbons (Fsp3) is 0.200. The lowest BCUT2D eigenvalue weighted by Gasteiger charge is -2.25. The summed E-state index contributed by atoms with van der Waals surface area (Å²) in [4.78, 5) is 24.9. The van der Waals surface area contributed by atoms with Crippen molar-refractivity contribution in [2.75, 3.05) is 7.05 Å². The van der Waals surface area contributed by atoms with Gasteiger partial charge in [-0.15, -0.1) is 0 Å². The van der Waals surface area contributed by atoms with Crippen LogP contribution in [0.15, 0.2) is 60.9 Å². The smallest absolute Gasteiger partial charge is 0.269 e. The third kappa shape index (κ3) is 3.87. The van der Waals surface area contributed by atoms with Gasteiger partial charge < -0.3 is 4.90 Å². The Morgan fingerprint density at radius 1 is 1.22 bits per heavy atom. The summed E-state index contributed by atoms with van der Waals surface area (Å²) in [5, 5.41) is 15.2. The zero-order valence-corrected chi connectivity index (χ0v) is 15.4. The van der Waals surface area contributed by atoms with Crippen LogP contribution in [0.5, 0.6) is 0 Å². The van der Waals surface area contributed by atoms with E-state index in [1.54, 1.807) is 47.1 Å². The van der Waals surface area contributed by atoms with E-state index >= 15 is 0 Å². The summed E-state index contributed by atoms with van der Waals surface area (Å²) < 4.78 is 1.75. The Balaban J connectivity index is 1.78. The standard InChI is InChI=1S/C20H20N4O3/c1-14-12-21-23(13-14)18-9-7-16(8-10-18)20(25)22(3)15(2)17-5-4-6-19(11-17)24(26)27/h4-13,15H,1-3H3. The second kappa shape index (κ2) is 7.41. The van der Waals surface area contributed by atoms with Gasteiger partial charge in [0.15, 0.2) is 0 Å². The molecule has 7 heteroatoms. The number of nitro benzene ring substituents is 1. The summed E-state index contributed by atoms with van der Waals surface area (Å²) in [7, 11) is 1.69. The quantitative estimate of drug-likeness (QED) is 0.507. The Labute approximate surface area is 157 Å². The minimum atomic E-state index is -0.437. The number of carbonyl (C=O) groups excluding carboxylic acids is 1. The third-order valence-electron chi connectivity index (χ3n) is 4.56. The summed E-state index contributed by atoms with van der Waals surface area (Å²) in [6, 6.07) is 13.2. The molecule has 0 saturated carbocycles. The first-order chi connectivity index (χ1) is 12.9. The predicted octanol–water partition coefficient (Wildman–Crippen LogP) is 3.92. The molecular weight excluding hydrogens is 344 g/mol. The molecular formula is C20H20N4O3. The zero-order chi connectivity index (χ0) is 19.6. The largest absolute Gasteiger partial charge is 0.335 e. The Kier molecular flexibility index (Phi) is 5.03. The number of aromatic nitrogens is 2. The molecule has 1 aromatic heterocycles. The van der Waals surface area contributed by atoms with E-state index in [2.05, 4.69) is 5.10 Å². The fourth-order valence-electron chi connectivity index (χ4n) is 2.81. The van der Waals surface area contributed by atoms with Gasteiger partial charge >= 0.3 is 0 Å². The summed E-state index contributed by atoms with van der Waals surface area (Å²) in [5.41, 5.74) is 3.19. The van der Waals surface area contributed by atoms with E-state index in [0.29, 0.717) is 11.1 Å². The van der Waals surface area contributed by atoms with Gasteiger partial charge in [0.25, 0.3) is 11.6 Å². The molecule has 0 aliphatic heterocycles. The first kappa shape index (κ1) is 18.3. The van der Waals surface area contributed by atoms with Gasteiger partial charge in [0.1, 0.15) is 0 Å². The Hall–Kier alpha value is -3.48. The van der Waals surface area contributed by atoms with Crippen molar-refractivity contribution in [3.8, 4) is 5.69 Å². The lowest BCUT2D eigenvalue weighted by atomic mass is 10.1. The topological polar surface area (TPSA) is 81.3 Å². The normalized spacial score (nSPS) is 11.8. The lowest BCUT2D eigenvalue weighted by Crippen LogP contribution is -2.29. The number of hydrogen-bond donors (Lipinski definition) is 0. The number of hydrogen-bond acceptors (Lipinski definition) is 4. The van der Waals surface area contributed by atoms with Crippen LogP contribution in [-0.2, 0) is 0 Å². The van der Waals surface area contributed by atoms with Gasteiger partial charge in [0.2, 0.25) is 0 Å². The number of nitrogens with zero attached hydrogens (tertiary/aromatic N) is 4. The minimum absolute atomic E-state index is 0.0130. The molecule has 0 saturated heterocycles. The van der Waals surface area contributed by atoms with Crippen LogP contribution in [-0.4, -0.2) is 32.6 Å². The van der Waals surface area contributed by atoms with Gasteiger partial charge in [0.05, 0.1) is 22.8 Å². The maximum atomic E-state index is 12.8. The SMILES string of the molecule is Cc1cnn(-c2ccc(C(=O)N(C)C(C)c3cccc([N+](=O)[O-])c3)cc2)c1. The molecule has 27 heavy (non-hydrogen) atoms. The summed E-state index contributed by atoms with van der Waals surface area (Å²) in [5.74, 6) is -0.155. The van der Waals surface area contributed by atoms with Crippen LogP contribution in [0.1, 0.15) is 34.5 Å². The predicted molar refractivity (Wildman–Crippen MR) is 102 cm³/mol. The van der Waals surface area contributed by atoms with E-state index in [4.69, 9.17) is 0 Å². The molecule has 2 aromatic carbocycles. The number of benzene rings is 2. The van der Waals surface area contributed by atoms with E-state index in [9.17, 15) is 14.9 Å². The first-order valence-corrected chi connectivity index (χ1v) is 8.50. The van der Waals surface area contributed by atoms with Crippen molar-refractivity contribution in [2.24, 2.45) is 0 Å². The molecule has 0 N–H and O–H groups in total. The monoisotopic (exact) mass is 364 g/mol. The molecule has 1 unspecified atom stereocenters. The van der Waals surface area contributed by atoms with Crippen LogP contribution in [0.3, 0.4) is 0 Å². The number of amides is 1. The minimum Gasteiger partial charge on any atom is -0.335 e. The highest BCUT2D eigenvalue weighted by molar-refractivity contribution is 5.94. The van der Waals surface area contributed by atoms with Gasteiger partial charge in [-0.2, -0.15) is 5.10 Å². The maximum Gasteiger partial charge on any atom is 0.269 e. The van der Waals surface area contributed by atoms with Crippen LogP contribution in [0.25, 0.3) is 5.69 Å². The van der Waals surface area contributed by atoms with Crippen molar-refractivity contribution in [1.29, 1.82) is 0 Å². The lowest BCUT2D eigenvalue weighted by molar-refractivity contribution is -0.384. The van der Waals surface area contributed by atoms with Crippen molar-refractivity contribution in [3.05, 3.63) is 87.7 Å². The average molecular weight is 364 g/mol. The first-order valence-electron chi connectivity index (χ1n) is 8.50. The van der Waals surface area contributed by atoms with Crippen molar-refractivity contribution in [3.63, 3.8) is 0 Å². The summed E-state index contributed by atoms with van der Waals surface area (Å²) in [6.07, 6.45) is 3.68. The van der Waals surface area contributed by atoms with Crippen LogP contribution in [0, 0.1) is 17.0 Å². The highest BCUT2D eigenvalue weighted by Gasteiger charge is 2.20. The van der Waals surface area contributed by atoms with Gasteiger partial charge in [-0.1, -0.05) is 12.1 Å². The summed E-state index contributed by atoms with van der Waals surface area (Å²) >= 11 is 0. The molecule has 3 rings (SSSR count).